The molecule has 0 saturated carbocycles. The largest absolute Gasteiger partial charge is 0.335 e. The molecule has 3 rings (SSSR count). The first-order valence-corrected chi connectivity index (χ1v) is 5.47. The van der Waals surface area contributed by atoms with Crippen LogP contribution in [0.2, 0.25) is 0 Å². The van der Waals surface area contributed by atoms with Gasteiger partial charge in [0.2, 0.25) is 0 Å². The van der Waals surface area contributed by atoms with Gasteiger partial charge in [-0.2, -0.15) is 5.10 Å². The number of hydrogen-bond donors (Lipinski definition) is 1. The van der Waals surface area contributed by atoms with Gasteiger partial charge in [-0.1, -0.05) is 0 Å². The summed E-state index contributed by atoms with van der Waals surface area (Å²) in [7, 11) is 1.91. The number of pyridine rings is 1. The first kappa shape index (κ1) is 10.0. The number of H-pyrrole nitrogens is 1. The second-order valence-corrected chi connectivity index (χ2v) is 4.21. The number of fused-ring (bicyclic) bond motifs is 1. The van der Waals surface area contributed by atoms with Crippen molar-refractivity contribution in [1.29, 1.82) is 0 Å². The lowest BCUT2D eigenvalue weighted by molar-refractivity contribution is 0.760. The minimum atomic E-state index is 0.749. The minimum absolute atomic E-state index is 0.749. The maximum atomic E-state index is 4.49. The van der Waals surface area contributed by atoms with E-state index < -0.39 is 0 Å². The summed E-state index contributed by atoms with van der Waals surface area (Å²) in [6, 6.07) is 3.98. The molecule has 0 radical (unpaired) electrons. The molecule has 0 aromatic carbocycles. The third-order valence-electron chi connectivity index (χ3n) is 2.85. The van der Waals surface area contributed by atoms with E-state index in [0.717, 1.165) is 33.9 Å². The number of aryl methyl sites for hydroxylation is 3. The molecule has 3 aromatic rings. The van der Waals surface area contributed by atoms with Crippen molar-refractivity contribution >= 4 is 11.2 Å². The Kier molecular flexibility index (Phi) is 2.01. The van der Waals surface area contributed by atoms with E-state index >= 15 is 0 Å². The minimum Gasteiger partial charge on any atom is -0.335 e. The van der Waals surface area contributed by atoms with Gasteiger partial charge in [0.05, 0.1) is 11.2 Å². The molecule has 0 saturated heterocycles. The highest BCUT2D eigenvalue weighted by atomic mass is 15.3. The maximum absolute atomic E-state index is 4.49. The molecule has 0 unspecified atom stereocenters. The Labute approximate surface area is 98.5 Å². The molecular weight excluding hydrogens is 214 g/mol. The number of aromatic nitrogens is 5. The highest BCUT2D eigenvalue weighted by molar-refractivity contribution is 5.78. The summed E-state index contributed by atoms with van der Waals surface area (Å²) in [4.78, 5) is 12.0. The number of rotatable bonds is 1. The lowest BCUT2D eigenvalue weighted by atomic mass is 10.3. The normalized spacial score (nSPS) is 11.2. The fraction of sp³-hybridized carbons (Fsp3) is 0.250. The number of aromatic amines is 1. The van der Waals surface area contributed by atoms with Crippen LogP contribution in [-0.2, 0) is 7.05 Å². The summed E-state index contributed by atoms with van der Waals surface area (Å²) in [6.45, 7) is 4.01. The van der Waals surface area contributed by atoms with Crippen LogP contribution in [0.1, 0.15) is 11.3 Å². The molecule has 0 spiro atoms. The highest BCUT2D eigenvalue weighted by Crippen LogP contribution is 2.21. The summed E-state index contributed by atoms with van der Waals surface area (Å²) < 4.78 is 1.82. The Hall–Kier alpha value is -2.17. The molecule has 0 amide bonds. The molecule has 86 valence electrons. The van der Waals surface area contributed by atoms with E-state index in [-0.39, 0.29) is 0 Å². The van der Waals surface area contributed by atoms with Gasteiger partial charge in [0, 0.05) is 13.2 Å². The monoisotopic (exact) mass is 227 g/mol. The predicted molar refractivity (Wildman–Crippen MR) is 65.6 cm³/mol. The van der Waals surface area contributed by atoms with Gasteiger partial charge in [-0.05, 0) is 31.5 Å². The van der Waals surface area contributed by atoms with Gasteiger partial charge in [-0.3, -0.25) is 4.68 Å². The van der Waals surface area contributed by atoms with E-state index in [1.165, 1.54) is 0 Å². The van der Waals surface area contributed by atoms with Crippen molar-refractivity contribution in [2.75, 3.05) is 0 Å². The summed E-state index contributed by atoms with van der Waals surface area (Å²) in [5.41, 5.74) is 4.83. The Morgan fingerprint density at radius 3 is 2.76 bits per heavy atom. The SMILES string of the molecule is Cc1cc(-c2nc3nccc(C)c3[nH]2)n(C)n1. The van der Waals surface area contributed by atoms with Crippen LogP contribution in [-0.4, -0.2) is 24.7 Å². The molecule has 0 fully saturated rings. The zero-order valence-corrected chi connectivity index (χ0v) is 10.0. The van der Waals surface area contributed by atoms with Gasteiger partial charge in [0.15, 0.2) is 11.5 Å². The lowest BCUT2D eigenvalue weighted by Crippen LogP contribution is -1.94. The van der Waals surface area contributed by atoms with Crippen molar-refractivity contribution in [1.82, 2.24) is 24.7 Å². The lowest BCUT2D eigenvalue weighted by Gasteiger charge is -1.95. The molecule has 3 heterocycles. The Bertz CT molecular complexity index is 692. The molecular formula is C12H13N5. The third-order valence-corrected chi connectivity index (χ3v) is 2.85. The molecule has 3 aromatic heterocycles. The highest BCUT2D eigenvalue weighted by Gasteiger charge is 2.11. The standard InChI is InChI=1S/C12H13N5/c1-7-4-5-13-12-10(7)14-11(15-12)9-6-8(2)16-17(9)3/h4-6H,1-3H3,(H,13,14,15). The average molecular weight is 227 g/mol. The molecule has 0 bridgehead atoms. The summed E-state index contributed by atoms with van der Waals surface area (Å²) in [5, 5.41) is 4.32. The third kappa shape index (κ3) is 1.51. The van der Waals surface area contributed by atoms with Crippen LogP contribution in [0.4, 0.5) is 0 Å². The predicted octanol–water partition coefficient (Wildman–Crippen LogP) is 1.98. The molecule has 5 heteroatoms. The number of hydrogen-bond acceptors (Lipinski definition) is 3. The van der Waals surface area contributed by atoms with Gasteiger partial charge in [-0.15, -0.1) is 0 Å². The van der Waals surface area contributed by atoms with Gasteiger partial charge in [0.25, 0.3) is 0 Å². The molecule has 1 N–H and O–H groups in total. The number of nitrogens with zero attached hydrogens (tertiary/aromatic N) is 4. The second kappa shape index (κ2) is 3.41. The van der Waals surface area contributed by atoms with Gasteiger partial charge in [-0.25, -0.2) is 9.97 Å². The van der Waals surface area contributed by atoms with Crippen LogP contribution in [0, 0.1) is 13.8 Å². The van der Waals surface area contributed by atoms with E-state index in [4.69, 9.17) is 0 Å². The van der Waals surface area contributed by atoms with Crippen LogP contribution >= 0.6 is 0 Å². The van der Waals surface area contributed by atoms with Gasteiger partial charge in [0.1, 0.15) is 5.69 Å². The quantitative estimate of drug-likeness (QED) is 0.691. The molecule has 5 nitrogen and oxygen atoms in total. The first-order valence-electron chi connectivity index (χ1n) is 5.47. The molecule has 17 heavy (non-hydrogen) atoms. The first-order chi connectivity index (χ1) is 8.15. The second-order valence-electron chi connectivity index (χ2n) is 4.21. The van der Waals surface area contributed by atoms with E-state index in [0.29, 0.717) is 0 Å². The Morgan fingerprint density at radius 2 is 2.12 bits per heavy atom. The van der Waals surface area contributed by atoms with E-state index in [1.54, 1.807) is 6.20 Å². The fourth-order valence-corrected chi connectivity index (χ4v) is 1.99. The van der Waals surface area contributed by atoms with E-state index in [1.807, 2.05) is 37.7 Å². The van der Waals surface area contributed by atoms with Crippen molar-refractivity contribution in [3.05, 3.63) is 29.6 Å². The number of imidazole rings is 1. The summed E-state index contributed by atoms with van der Waals surface area (Å²) >= 11 is 0. The van der Waals surface area contributed by atoms with Crippen LogP contribution in [0.25, 0.3) is 22.7 Å². The van der Waals surface area contributed by atoms with E-state index in [9.17, 15) is 0 Å². The van der Waals surface area contributed by atoms with Crippen molar-refractivity contribution in [2.45, 2.75) is 13.8 Å². The van der Waals surface area contributed by atoms with Crippen LogP contribution in [0.3, 0.4) is 0 Å². The van der Waals surface area contributed by atoms with Crippen molar-refractivity contribution in [3.63, 3.8) is 0 Å². The summed E-state index contributed by atoms with van der Waals surface area (Å²) in [5.74, 6) is 0.810. The number of nitrogens with one attached hydrogen (secondary N) is 1. The molecule has 0 atom stereocenters. The van der Waals surface area contributed by atoms with Gasteiger partial charge >= 0.3 is 0 Å². The topological polar surface area (TPSA) is 59.4 Å². The zero-order valence-electron chi connectivity index (χ0n) is 10.0. The van der Waals surface area contributed by atoms with Crippen LogP contribution < -0.4 is 0 Å². The molecule has 0 aliphatic carbocycles. The average Bonchev–Trinajstić information content (AvgIpc) is 2.82. The Balaban J connectivity index is 2.25. The van der Waals surface area contributed by atoms with Gasteiger partial charge < -0.3 is 4.98 Å². The van der Waals surface area contributed by atoms with Crippen molar-refractivity contribution < 1.29 is 0 Å². The fourth-order valence-electron chi connectivity index (χ4n) is 1.99. The maximum Gasteiger partial charge on any atom is 0.178 e. The Morgan fingerprint density at radius 1 is 1.29 bits per heavy atom. The zero-order chi connectivity index (χ0) is 12.0. The summed E-state index contributed by atoms with van der Waals surface area (Å²) in [6.07, 6.45) is 1.77. The molecule has 0 aliphatic rings. The smallest absolute Gasteiger partial charge is 0.178 e. The van der Waals surface area contributed by atoms with Crippen molar-refractivity contribution in [2.24, 2.45) is 7.05 Å². The van der Waals surface area contributed by atoms with Crippen LogP contribution in [0.15, 0.2) is 18.3 Å². The van der Waals surface area contributed by atoms with E-state index in [2.05, 4.69) is 20.1 Å². The molecule has 0 aliphatic heterocycles. The van der Waals surface area contributed by atoms with Crippen molar-refractivity contribution in [3.8, 4) is 11.5 Å². The van der Waals surface area contributed by atoms with Crippen LogP contribution in [0.5, 0.6) is 0 Å².